The Bertz CT molecular complexity index is 780. The van der Waals surface area contributed by atoms with Gasteiger partial charge < -0.3 is 10.6 Å². The van der Waals surface area contributed by atoms with E-state index < -0.39 is 5.91 Å². The third-order valence-corrected chi connectivity index (χ3v) is 3.90. The number of halogens is 1. The van der Waals surface area contributed by atoms with Crippen molar-refractivity contribution in [2.24, 2.45) is 5.73 Å². The number of carbonyl (C=O) groups is 1. The van der Waals surface area contributed by atoms with E-state index in [0.29, 0.717) is 23.7 Å². The molecule has 0 bridgehead atoms. The summed E-state index contributed by atoms with van der Waals surface area (Å²) in [5.41, 5.74) is 9.69. The highest BCUT2D eigenvalue weighted by Crippen LogP contribution is 2.34. The molecule has 5 heteroatoms. The molecule has 0 aliphatic carbocycles. The van der Waals surface area contributed by atoms with Gasteiger partial charge in [0.2, 0.25) is 5.91 Å². The highest BCUT2D eigenvalue weighted by molar-refractivity contribution is 6.31. The average molecular weight is 298 g/mol. The first-order valence-corrected chi connectivity index (χ1v) is 6.83. The van der Waals surface area contributed by atoms with Crippen LogP contribution in [0, 0.1) is 11.5 Å². The van der Waals surface area contributed by atoms with Gasteiger partial charge in [0.1, 0.15) is 0 Å². The normalized spacial score (nSPS) is 12.9. The number of fused-ring (bicyclic) bond motifs is 1. The molecule has 0 spiro atoms. The molecule has 1 amide bonds. The number of nitrogens with zero attached hydrogens (tertiary/aromatic N) is 2. The number of nitrogens with two attached hydrogens (primary N) is 1. The van der Waals surface area contributed by atoms with Gasteiger partial charge in [-0.05, 0) is 34.4 Å². The zero-order valence-corrected chi connectivity index (χ0v) is 11.9. The van der Waals surface area contributed by atoms with Gasteiger partial charge >= 0.3 is 0 Å². The van der Waals surface area contributed by atoms with E-state index in [1.165, 1.54) is 0 Å². The van der Waals surface area contributed by atoms with Crippen LogP contribution in [0.3, 0.4) is 0 Å². The summed E-state index contributed by atoms with van der Waals surface area (Å²) in [5.74, 6) is -0.514. The van der Waals surface area contributed by atoms with Crippen molar-refractivity contribution in [3.63, 3.8) is 0 Å². The zero-order chi connectivity index (χ0) is 15.0. The van der Waals surface area contributed by atoms with Gasteiger partial charge in [-0.1, -0.05) is 35.9 Å². The average Bonchev–Trinajstić information content (AvgIpc) is 2.90. The van der Waals surface area contributed by atoms with Crippen LogP contribution in [0.25, 0.3) is 11.1 Å². The Labute approximate surface area is 127 Å². The lowest BCUT2D eigenvalue weighted by Gasteiger charge is -2.12. The molecule has 104 valence electrons. The third-order valence-electron chi connectivity index (χ3n) is 3.66. The Morgan fingerprint density at radius 2 is 2.05 bits per heavy atom. The minimum atomic E-state index is -0.514. The van der Waals surface area contributed by atoms with Crippen LogP contribution in [-0.4, -0.2) is 10.8 Å². The smallest absolute Gasteiger partial charge is 0.249 e. The quantitative estimate of drug-likeness (QED) is 0.866. The van der Waals surface area contributed by atoms with Crippen LogP contribution in [0.1, 0.15) is 21.5 Å². The van der Waals surface area contributed by atoms with E-state index >= 15 is 0 Å². The summed E-state index contributed by atoms with van der Waals surface area (Å²) >= 11 is 5.95. The van der Waals surface area contributed by atoms with Crippen molar-refractivity contribution < 1.29 is 4.79 Å². The van der Waals surface area contributed by atoms with E-state index in [1.54, 1.807) is 23.1 Å². The predicted octanol–water partition coefficient (Wildman–Crippen LogP) is 2.90. The second kappa shape index (κ2) is 5.12. The lowest BCUT2D eigenvalue weighted by atomic mass is 9.93. The number of carbonyl (C=O) groups excluding carboxylic acids is 1. The van der Waals surface area contributed by atoms with Gasteiger partial charge in [0, 0.05) is 10.6 Å². The fourth-order valence-electron chi connectivity index (χ4n) is 2.70. The first-order valence-electron chi connectivity index (χ1n) is 6.45. The molecular weight excluding hydrogens is 286 g/mol. The molecule has 21 heavy (non-hydrogen) atoms. The molecule has 1 heterocycles. The van der Waals surface area contributed by atoms with E-state index in [2.05, 4.69) is 6.19 Å². The van der Waals surface area contributed by atoms with Gasteiger partial charge in [-0.3, -0.25) is 4.79 Å². The molecule has 1 aliphatic heterocycles. The molecule has 2 aromatic rings. The van der Waals surface area contributed by atoms with Crippen LogP contribution in [0.4, 0.5) is 0 Å². The summed E-state index contributed by atoms with van der Waals surface area (Å²) in [4.78, 5) is 13.3. The summed E-state index contributed by atoms with van der Waals surface area (Å²) in [6.07, 6.45) is 2.16. The highest BCUT2D eigenvalue weighted by atomic mass is 35.5. The summed E-state index contributed by atoms with van der Waals surface area (Å²) in [7, 11) is 0. The number of hydrogen-bond donors (Lipinski definition) is 1. The van der Waals surface area contributed by atoms with Crippen LogP contribution in [-0.2, 0) is 13.1 Å². The van der Waals surface area contributed by atoms with Crippen molar-refractivity contribution in [3.05, 3.63) is 58.1 Å². The molecule has 1 aliphatic rings. The third kappa shape index (κ3) is 2.32. The number of rotatable bonds is 2. The second-order valence-corrected chi connectivity index (χ2v) is 5.39. The van der Waals surface area contributed by atoms with Crippen molar-refractivity contribution in [1.82, 2.24) is 4.90 Å². The number of benzene rings is 2. The largest absolute Gasteiger partial charge is 0.366 e. The first-order chi connectivity index (χ1) is 10.1. The van der Waals surface area contributed by atoms with Crippen molar-refractivity contribution in [1.29, 1.82) is 5.26 Å². The molecular formula is C16H12ClN3O. The Balaban J connectivity index is 2.18. The second-order valence-electron chi connectivity index (χ2n) is 4.95. The monoisotopic (exact) mass is 297 g/mol. The van der Waals surface area contributed by atoms with Crippen molar-refractivity contribution in [2.45, 2.75) is 13.1 Å². The highest BCUT2D eigenvalue weighted by Gasteiger charge is 2.22. The van der Waals surface area contributed by atoms with Gasteiger partial charge in [0.05, 0.1) is 13.1 Å². The molecule has 0 radical (unpaired) electrons. The Kier molecular flexibility index (Phi) is 3.28. The Morgan fingerprint density at radius 3 is 2.76 bits per heavy atom. The zero-order valence-electron chi connectivity index (χ0n) is 11.1. The van der Waals surface area contributed by atoms with E-state index in [9.17, 15) is 4.79 Å². The first kappa shape index (κ1) is 13.5. The summed E-state index contributed by atoms with van der Waals surface area (Å²) in [6, 6.07) is 11.0. The maximum absolute atomic E-state index is 11.7. The Hall–Kier alpha value is -2.51. The number of nitriles is 1. The van der Waals surface area contributed by atoms with Crippen LogP contribution in [0.5, 0.6) is 0 Å². The number of amides is 1. The molecule has 0 saturated heterocycles. The molecule has 2 aromatic carbocycles. The lowest BCUT2D eigenvalue weighted by molar-refractivity contribution is 0.100. The van der Waals surface area contributed by atoms with E-state index in [0.717, 1.165) is 22.3 Å². The molecule has 0 fully saturated rings. The minimum absolute atomic E-state index is 0.395. The van der Waals surface area contributed by atoms with E-state index in [-0.39, 0.29) is 0 Å². The fourth-order valence-corrected chi connectivity index (χ4v) is 2.87. The van der Waals surface area contributed by atoms with Crippen LogP contribution < -0.4 is 5.73 Å². The van der Waals surface area contributed by atoms with Crippen molar-refractivity contribution in [2.75, 3.05) is 0 Å². The molecule has 0 aromatic heterocycles. The molecule has 0 saturated carbocycles. The maximum Gasteiger partial charge on any atom is 0.249 e. The standard InChI is InChI=1S/C16H12ClN3O/c17-11-4-5-13(14(6-11)16(19)21)12-3-1-2-10-7-20(9-18)8-15(10)12/h1-6H,7-8H2,(H2,19,21). The topological polar surface area (TPSA) is 70.1 Å². The molecule has 4 nitrogen and oxygen atoms in total. The van der Waals surface area contributed by atoms with Crippen molar-refractivity contribution in [3.8, 4) is 17.3 Å². The number of hydrogen-bond acceptors (Lipinski definition) is 3. The van der Waals surface area contributed by atoms with Crippen molar-refractivity contribution >= 4 is 17.5 Å². The minimum Gasteiger partial charge on any atom is -0.366 e. The van der Waals surface area contributed by atoms with E-state index in [4.69, 9.17) is 22.6 Å². The summed E-state index contributed by atoms with van der Waals surface area (Å²) in [5, 5.41) is 9.53. The van der Waals surface area contributed by atoms with Gasteiger partial charge in [-0.15, -0.1) is 0 Å². The molecule has 2 N–H and O–H groups in total. The van der Waals surface area contributed by atoms with Crippen LogP contribution in [0.15, 0.2) is 36.4 Å². The molecule has 0 unspecified atom stereocenters. The van der Waals surface area contributed by atoms with Gasteiger partial charge in [-0.2, -0.15) is 5.26 Å². The Morgan fingerprint density at radius 1 is 1.24 bits per heavy atom. The summed E-state index contributed by atoms with van der Waals surface area (Å²) < 4.78 is 0. The van der Waals surface area contributed by atoms with Crippen LogP contribution in [0.2, 0.25) is 5.02 Å². The SMILES string of the molecule is N#CN1Cc2cccc(-c3ccc(Cl)cc3C(N)=O)c2C1. The van der Waals surface area contributed by atoms with Gasteiger partial charge in [0.25, 0.3) is 0 Å². The lowest BCUT2D eigenvalue weighted by Crippen LogP contribution is -2.13. The van der Waals surface area contributed by atoms with E-state index in [1.807, 2.05) is 18.2 Å². The number of primary amides is 1. The molecule has 3 rings (SSSR count). The van der Waals surface area contributed by atoms with Crippen LogP contribution >= 0.6 is 11.6 Å². The summed E-state index contributed by atoms with van der Waals surface area (Å²) in [6.45, 7) is 1.14. The predicted molar refractivity (Wildman–Crippen MR) is 80.3 cm³/mol. The van der Waals surface area contributed by atoms with Gasteiger partial charge in [0.15, 0.2) is 6.19 Å². The fraction of sp³-hybridized carbons (Fsp3) is 0.125. The maximum atomic E-state index is 11.7. The molecule has 0 atom stereocenters. The van der Waals surface area contributed by atoms with Gasteiger partial charge in [-0.25, -0.2) is 0 Å².